The number of nitrogens with one attached hydrogen (secondary N) is 1. The van der Waals surface area contributed by atoms with E-state index in [2.05, 4.69) is 57.3 Å². The van der Waals surface area contributed by atoms with Gasteiger partial charge in [0.15, 0.2) is 0 Å². The summed E-state index contributed by atoms with van der Waals surface area (Å²) in [5.74, 6) is 0.906. The number of anilines is 2. The Morgan fingerprint density at radius 2 is 1.63 bits per heavy atom. The van der Waals surface area contributed by atoms with Crippen LogP contribution in [-0.4, -0.2) is 5.60 Å². The van der Waals surface area contributed by atoms with Gasteiger partial charge in [0, 0.05) is 11.4 Å². The molecule has 0 unspecified atom stereocenters. The summed E-state index contributed by atoms with van der Waals surface area (Å²) in [7, 11) is 0. The minimum atomic E-state index is -0.166. The fraction of sp³-hybridized carbons (Fsp3) is 0.294. The molecule has 0 spiro atoms. The smallest absolute Gasteiger partial charge is 0.120 e. The summed E-state index contributed by atoms with van der Waals surface area (Å²) < 4.78 is 5.86. The molecule has 0 heterocycles. The maximum Gasteiger partial charge on any atom is 0.120 e. The van der Waals surface area contributed by atoms with E-state index in [1.165, 1.54) is 5.56 Å². The zero-order valence-corrected chi connectivity index (χ0v) is 12.0. The van der Waals surface area contributed by atoms with Gasteiger partial charge in [0.2, 0.25) is 0 Å². The Bertz CT molecular complexity index is 541. The molecule has 0 aliphatic rings. The lowest BCUT2D eigenvalue weighted by atomic mass is 10.1. The average Bonchev–Trinajstić information content (AvgIpc) is 2.32. The number of benzene rings is 2. The lowest BCUT2D eigenvalue weighted by molar-refractivity contribution is 0.131. The maximum atomic E-state index is 5.86. The van der Waals surface area contributed by atoms with Crippen LogP contribution in [0.4, 0.5) is 11.4 Å². The first-order chi connectivity index (χ1) is 8.94. The second-order valence-electron chi connectivity index (χ2n) is 5.68. The molecular weight excluding hydrogens is 234 g/mol. The van der Waals surface area contributed by atoms with Crippen molar-refractivity contribution in [3.63, 3.8) is 0 Å². The number of rotatable bonds is 3. The molecule has 0 aliphatic heterocycles. The molecule has 0 saturated carbocycles. The molecule has 2 rings (SSSR count). The number of aryl methyl sites for hydroxylation is 1. The Morgan fingerprint density at radius 1 is 0.947 bits per heavy atom. The molecule has 0 radical (unpaired) electrons. The van der Waals surface area contributed by atoms with Gasteiger partial charge in [0.25, 0.3) is 0 Å². The number of ether oxygens (including phenoxy) is 1. The van der Waals surface area contributed by atoms with Crippen molar-refractivity contribution < 1.29 is 4.74 Å². The molecule has 0 aliphatic carbocycles. The molecule has 1 N–H and O–H groups in total. The highest BCUT2D eigenvalue weighted by atomic mass is 16.5. The molecular formula is C17H21NO. The Labute approximate surface area is 115 Å². The normalized spacial score (nSPS) is 11.2. The third-order valence-electron chi connectivity index (χ3n) is 2.67. The minimum Gasteiger partial charge on any atom is -0.488 e. The van der Waals surface area contributed by atoms with Crippen molar-refractivity contribution in [2.45, 2.75) is 33.3 Å². The molecule has 100 valence electrons. The van der Waals surface area contributed by atoms with Crippen molar-refractivity contribution >= 4 is 11.4 Å². The highest BCUT2D eigenvalue weighted by Crippen LogP contribution is 2.26. The average molecular weight is 255 g/mol. The second-order valence-corrected chi connectivity index (χ2v) is 5.68. The summed E-state index contributed by atoms with van der Waals surface area (Å²) in [6, 6.07) is 16.3. The van der Waals surface area contributed by atoms with Gasteiger partial charge < -0.3 is 10.1 Å². The van der Waals surface area contributed by atoms with Crippen LogP contribution in [-0.2, 0) is 0 Å². The molecule has 0 bridgehead atoms. The van der Waals surface area contributed by atoms with Gasteiger partial charge in [0.05, 0.1) is 0 Å². The first kappa shape index (κ1) is 13.5. The van der Waals surface area contributed by atoms with Crippen LogP contribution in [0.3, 0.4) is 0 Å². The molecule has 2 aromatic carbocycles. The van der Waals surface area contributed by atoms with Crippen molar-refractivity contribution in [2.24, 2.45) is 0 Å². The standard InChI is InChI=1S/C17H21NO/c1-13-12-15(19-17(2,3)4)10-11-16(13)18-14-8-6-5-7-9-14/h5-12,18H,1-4H3. The van der Waals surface area contributed by atoms with Gasteiger partial charge in [-0.25, -0.2) is 0 Å². The largest absolute Gasteiger partial charge is 0.488 e. The van der Waals surface area contributed by atoms with E-state index < -0.39 is 0 Å². The van der Waals surface area contributed by atoms with Gasteiger partial charge in [-0.1, -0.05) is 18.2 Å². The molecule has 0 aromatic heterocycles. The van der Waals surface area contributed by atoms with E-state index in [0.29, 0.717) is 0 Å². The van der Waals surface area contributed by atoms with Crippen molar-refractivity contribution in [3.8, 4) is 5.75 Å². The van der Waals surface area contributed by atoms with E-state index in [1.54, 1.807) is 0 Å². The third-order valence-corrected chi connectivity index (χ3v) is 2.67. The van der Waals surface area contributed by atoms with Crippen LogP contribution in [0.25, 0.3) is 0 Å². The molecule has 0 atom stereocenters. The van der Waals surface area contributed by atoms with E-state index in [1.807, 2.05) is 24.3 Å². The number of para-hydroxylation sites is 1. The lowest BCUT2D eigenvalue weighted by Gasteiger charge is -2.22. The fourth-order valence-corrected chi connectivity index (χ4v) is 1.87. The Balaban J connectivity index is 2.16. The van der Waals surface area contributed by atoms with Crippen LogP contribution < -0.4 is 10.1 Å². The molecule has 2 aromatic rings. The Hall–Kier alpha value is -1.96. The predicted octanol–water partition coefficient (Wildman–Crippen LogP) is 4.92. The van der Waals surface area contributed by atoms with E-state index >= 15 is 0 Å². The first-order valence-electron chi connectivity index (χ1n) is 6.56. The van der Waals surface area contributed by atoms with Gasteiger partial charge in [0.1, 0.15) is 11.4 Å². The third kappa shape index (κ3) is 4.02. The van der Waals surface area contributed by atoms with E-state index in [4.69, 9.17) is 4.74 Å². The zero-order chi connectivity index (χ0) is 13.9. The van der Waals surface area contributed by atoms with Crippen LogP contribution >= 0.6 is 0 Å². The van der Waals surface area contributed by atoms with Crippen LogP contribution in [0, 0.1) is 6.92 Å². The van der Waals surface area contributed by atoms with Crippen molar-refractivity contribution in [1.82, 2.24) is 0 Å². The first-order valence-corrected chi connectivity index (χ1v) is 6.56. The van der Waals surface area contributed by atoms with Gasteiger partial charge in [-0.05, 0) is 63.6 Å². The van der Waals surface area contributed by atoms with E-state index in [9.17, 15) is 0 Å². The summed E-state index contributed by atoms with van der Waals surface area (Å²) in [5, 5.41) is 3.41. The van der Waals surface area contributed by atoms with E-state index in [-0.39, 0.29) is 5.60 Å². The van der Waals surface area contributed by atoms with Crippen molar-refractivity contribution in [1.29, 1.82) is 0 Å². The highest BCUT2D eigenvalue weighted by molar-refractivity contribution is 5.63. The summed E-state index contributed by atoms with van der Waals surface area (Å²) >= 11 is 0. The monoisotopic (exact) mass is 255 g/mol. The Kier molecular flexibility index (Phi) is 3.79. The molecule has 2 heteroatoms. The topological polar surface area (TPSA) is 21.3 Å². The van der Waals surface area contributed by atoms with Gasteiger partial charge >= 0.3 is 0 Å². The van der Waals surface area contributed by atoms with Crippen LogP contribution in [0.5, 0.6) is 5.75 Å². The molecule has 0 fully saturated rings. The predicted molar refractivity (Wildman–Crippen MR) is 81.3 cm³/mol. The van der Waals surface area contributed by atoms with E-state index in [0.717, 1.165) is 17.1 Å². The SMILES string of the molecule is Cc1cc(OC(C)(C)C)ccc1Nc1ccccc1. The molecule has 0 saturated heterocycles. The Morgan fingerprint density at radius 3 is 2.21 bits per heavy atom. The fourth-order valence-electron chi connectivity index (χ4n) is 1.87. The maximum absolute atomic E-state index is 5.86. The van der Waals surface area contributed by atoms with Gasteiger partial charge in [-0.15, -0.1) is 0 Å². The quantitative estimate of drug-likeness (QED) is 0.840. The van der Waals surface area contributed by atoms with Gasteiger partial charge in [-0.2, -0.15) is 0 Å². The summed E-state index contributed by atoms with van der Waals surface area (Å²) in [4.78, 5) is 0. The minimum absolute atomic E-state index is 0.166. The van der Waals surface area contributed by atoms with Crippen molar-refractivity contribution in [2.75, 3.05) is 5.32 Å². The number of hydrogen-bond donors (Lipinski definition) is 1. The van der Waals surface area contributed by atoms with Crippen molar-refractivity contribution in [3.05, 3.63) is 54.1 Å². The second kappa shape index (κ2) is 5.35. The molecule has 2 nitrogen and oxygen atoms in total. The number of hydrogen-bond acceptors (Lipinski definition) is 2. The summed E-state index contributed by atoms with van der Waals surface area (Å²) in [6.45, 7) is 8.25. The summed E-state index contributed by atoms with van der Waals surface area (Å²) in [6.07, 6.45) is 0. The van der Waals surface area contributed by atoms with Crippen LogP contribution in [0.1, 0.15) is 26.3 Å². The van der Waals surface area contributed by atoms with Gasteiger partial charge in [-0.3, -0.25) is 0 Å². The molecule has 19 heavy (non-hydrogen) atoms. The molecule has 0 amide bonds. The zero-order valence-electron chi connectivity index (χ0n) is 12.0. The van der Waals surface area contributed by atoms with Crippen LogP contribution in [0.2, 0.25) is 0 Å². The lowest BCUT2D eigenvalue weighted by Crippen LogP contribution is -2.22. The highest BCUT2D eigenvalue weighted by Gasteiger charge is 2.12. The van der Waals surface area contributed by atoms with Crippen LogP contribution in [0.15, 0.2) is 48.5 Å². The summed E-state index contributed by atoms with van der Waals surface area (Å²) in [5.41, 5.74) is 3.20.